The summed E-state index contributed by atoms with van der Waals surface area (Å²) in [6.07, 6.45) is 6.36. The van der Waals surface area contributed by atoms with Crippen LogP contribution in [0.15, 0.2) is 12.4 Å². The quantitative estimate of drug-likeness (QED) is 0.577. The Hall–Kier alpha value is -2.62. The van der Waals surface area contributed by atoms with Crippen molar-refractivity contribution < 1.29 is 9.90 Å². The molecule has 1 saturated heterocycles. The molecule has 0 amide bonds. The molecular weight excluding hydrogens is 348 g/mol. The SMILES string of the molecule is CCCC[C@H](C(=O)O)[C@H](Cc1cnc(N2CCNCC2)nc1)c1nn[nH]n1. The van der Waals surface area contributed by atoms with Crippen molar-refractivity contribution in [2.45, 2.75) is 38.5 Å². The van der Waals surface area contributed by atoms with E-state index in [4.69, 9.17) is 0 Å². The van der Waals surface area contributed by atoms with Gasteiger partial charge < -0.3 is 15.3 Å². The largest absolute Gasteiger partial charge is 0.481 e. The van der Waals surface area contributed by atoms with Gasteiger partial charge in [-0.2, -0.15) is 5.21 Å². The zero-order valence-corrected chi connectivity index (χ0v) is 15.5. The molecule has 3 rings (SSSR count). The Bertz CT molecular complexity index is 700. The van der Waals surface area contributed by atoms with Crippen molar-refractivity contribution in [3.63, 3.8) is 0 Å². The molecular formula is C17H26N8O2. The standard InChI is InChI=1S/C17H26N8O2/c1-2-3-4-13(16(26)27)14(15-21-23-24-22-15)9-12-10-19-17(20-11-12)25-7-5-18-6-8-25/h10-11,13-14,18H,2-9H2,1H3,(H,26,27)(H,21,22,23,24)/t13-,14-/m0/s1. The van der Waals surface area contributed by atoms with Gasteiger partial charge in [0.25, 0.3) is 0 Å². The number of piperazine rings is 1. The molecule has 10 heteroatoms. The number of H-pyrrole nitrogens is 1. The Morgan fingerprint density at radius 1 is 1.30 bits per heavy atom. The van der Waals surface area contributed by atoms with Crippen LogP contribution in [-0.4, -0.2) is 67.8 Å². The highest BCUT2D eigenvalue weighted by atomic mass is 16.4. The second-order valence-electron chi connectivity index (χ2n) is 6.80. The lowest BCUT2D eigenvalue weighted by atomic mass is 9.83. The van der Waals surface area contributed by atoms with Gasteiger partial charge in [0.2, 0.25) is 5.95 Å². The molecule has 1 aliphatic heterocycles. The zero-order valence-electron chi connectivity index (χ0n) is 15.5. The van der Waals surface area contributed by atoms with Crippen molar-refractivity contribution in [1.82, 2.24) is 35.9 Å². The fourth-order valence-electron chi connectivity index (χ4n) is 3.40. The van der Waals surface area contributed by atoms with Gasteiger partial charge in [0.1, 0.15) is 0 Å². The molecule has 0 aliphatic carbocycles. The number of carboxylic acids is 1. The highest BCUT2D eigenvalue weighted by Crippen LogP contribution is 2.30. The Labute approximate surface area is 157 Å². The molecule has 0 saturated carbocycles. The molecule has 0 bridgehead atoms. The number of carbonyl (C=O) groups is 1. The molecule has 3 heterocycles. The lowest BCUT2D eigenvalue weighted by Gasteiger charge is -2.27. The summed E-state index contributed by atoms with van der Waals surface area (Å²) in [5.41, 5.74) is 0.867. The van der Waals surface area contributed by atoms with Crippen molar-refractivity contribution >= 4 is 11.9 Å². The van der Waals surface area contributed by atoms with Crippen LogP contribution in [0.5, 0.6) is 0 Å². The maximum Gasteiger partial charge on any atom is 0.307 e. The van der Waals surface area contributed by atoms with Crippen molar-refractivity contribution in [2.24, 2.45) is 5.92 Å². The van der Waals surface area contributed by atoms with Crippen LogP contribution in [0.2, 0.25) is 0 Å². The second-order valence-corrected chi connectivity index (χ2v) is 6.80. The molecule has 0 unspecified atom stereocenters. The van der Waals surface area contributed by atoms with Gasteiger partial charge in [-0.1, -0.05) is 25.0 Å². The summed E-state index contributed by atoms with van der Waals surface area (Å²) >= 11 is 0. The first-order chi connectivity index (χ1) is 13.2. The number of hydrogen-bond donors (Lipinski definition) is 3. The predicted octanol–water partition coefficient (Wildman–Crippen LogP) is 0.617. The van der Waals surface area contributed by atoms with E-state index in [9.17, 15) is 9.90 Å². The molecule has 27 heavy (non-hydrogen) atoms. The van der Waals surface area contributed by atoms with Crippen LogP contribution in [0, 0.1) is 5.92 Å². The first-order valence-electron chi connectivity index (χ1n) is 9.41. The summed E-state index contributed by atoms with van der Waals surface area (Å²) in [6.45, 7) is 5.64. The Balaban J connectivity index is 1.76. The van der Waals surface area contributed by atoms with E-state index < -0.39 is 11.9 Å². The van der Waals surface area contributed by atoms with E-state index in [2.05, 4.69) is 40.8 Å². The normalized spacial score (nSPS) is 16.9. The van der Waals surface area contributed by atoms with E-state index in [-0.39, 0.29) is 5.92 Å². The van der Waals surface area contributed by atoms with E-state index in [1.165, 1.54) is 0 Å². The first kappa shape index (κ1) is 19.2. The summed E-state index contributed by atoms with van der Waals surface area (Å²) in [5.74, 6) is -0.657. The number of tetrazole rings is 1. The molecule has 1 aliphatic rings. The van der Waals surface area contributed by atoms with Crippen LogP contribution >= 0.6 is 0 Å². The van der Waals surface area contributed by atoms with E-state index in [1.54, 1.807) is 12.4 Å². The summed E-state index contributed by atoms with van der Waals surface area (Å²) in [5, 5.41) is 27.2. The van der Waals surface area contributed by atoms with Crippen LogP contribution in [0.25, 0.3) is 0 Å². The van der Waals surface area contributed by atoms with Gasteiger partial charge in [0.15, 0.2) is 5.82 Å². The number of carboxylic acid groups (broad SMARTS) is 1. The van der Waals surface area contributed by atoms with E-state index in [1.807, 2.05) is 6.92 Å². The topological polar surface area (TPSA) is 133 Å². The average molecular weight is 374 g/mol. The van der Waals surface area contributed by atoms with Crippen molar-refractivity contribution in [2.75, 3.05) is 31.1 Å². The van der Waals surface area contributed by atoms with E-state index in [0.717, 1.165) is 44.6 Å². The minimum Gasteiger partial charge on any atom is -0.481 e. The number of unbranched alkanes of at least 4 members (excludes halogenated alkanes) is 1. The highest BCUT2D eigenvalue weighted by Gasteiger charge is 2.32. The van der Waals surface area contributed by atoms with E-state index >= 15 is 0 Å². The summed E-state index contributed by atoms with van der Waals surface area (Å²) in [6, 6.07) is 0. The fraction of sp³-hybridized carbons (Fsp3) is 0.647. The monoisotopic (exact) mass is 374 g/mol. The Kier molecular flexibility index (Phi) is 6.64. The molecule has 2 aromatic rings. The molecule has 1 fully saturated rings. The summed E-state index contributed by atoms with van der Waals surface area (Å²) in [4.78, 5) is 23.0. The third-order valence-electron chi connectivity index (χ3n) is 4.91. The summed E-state index contributed by atoms with van der Waals surface area (Å²) < 4.78 is 0. The third-order valence-corrected chi connectivity index (χ3v) is 4.91. The number of aliphatic carboxylic acids is 1. The third kappa shape index (κ3) is 4.97. The van der Waals surface area contributed by atoms with Gasteiger partial charge in [0, 0.05) is 44.5 Å². The highest BCUT2D eigenvalue weighted by molar-refractivity contribution is 5.71. The van der Waals surface area contributed by atoms with Crippen LogP contribution < -0.4 is 10.2 Å². The first-order valence-corrected chi connectivity index (χ1v) is 9.41. The fourth-order valence-corrected chi connectivity index (χ4v) is 3.40. The minimum atomic E-state index is -0.836. The molecule has 10 nitrogen and oxygen atoms in total. The maximum atomic E-state index is 11.9. The van der Waals surface area contributed by atoms with Gasteiger partial charge in [-0.15, -0.1) is 10.2 Å². The number of aromatic nitrogens is 6. The second kappa shape index (κ2) is 9.36. The molecule has 0 spiro atoms. The van der Waals surface area contributed by atoms with Crippen LogP contribution in [0.1, 0.15) is 43.5 Å². The lowest BCUT2D eigenvalue weighted by Crippen LogP contribution is -2.44. The predicted molar refractivity (Wildman–Crippen MR) is 98.4 cm³/mol. The van der Waals surface area contributed by atoms with Crippen molar-refractivity contribution in [3.8, 4) is 0 Å². The molecule has 2 atom stereocenters. The van der Waals surface area contributed by atoms with Crippen molar-refractivity contribution in [1.29, 1.82) is 0 Å². The number of rotatable bonds is 9. The molecule has 146 valence electrons. The van der Waals surface area contributed by atoms with Gasteiger partial charge in [0.05, 0.1) is 5.92 Å². The zero-order chi connectivity index (χ0) is 19.1. The Morgan fingerprint density at radius 3 is 2.63 bits per heavy atom. The van der Waals surface area contributed by atoms with Crippen molar-refractivity contribution in [3.05, 3.63) is 23.8 Å². The number of nitrogens with one attached hydrogen (secondary N) is 2. The number of hydrogen-bond acceptors (Lipinski definition) is 8. The van der Waals surface area contributed by atoms with Crippen LogP contribution in [0.3, 0.4) is 0 Å². The summed E-state index contributed by atoms with van der Waals surface area (Å²) in [7, 11) is 0. The smallest absolute Gasteiger partial charge is 0.307 e. The molecule has 0 aromatic carbocycles. The number of aromatic amines is 1. The van der Waals surface area contributed by atoms with E-state index in [0.29, 0.717) is 24.6 Å². The maximum absolute atomic E-state index is 11.9. The number of nitrogens with zero attached hydrogens (tertiary/aromatic N) is 6. The molecule has 0 radical (unpaired) electrons. The molecule has 3 N–H and O–H groups in total. The van der Waals surface area contributed by atoms with Gasteiger partial charge in [-0.05, 0) is 18.4 Å². The minimum absolute atomic E-state index is 0.374. The van der Waals surface area contributed by atoms with Crippen LogP contribution in [0.4, 0.5) is 5.95 Å². The van der Waals surface area contributed by atoms with Gasteiger partial charge in [-0.25, -0.2) is 9.97 Å². The molecule has 2 aromatic heterocycles. The number of anilines is 1. The lowest BCUT2D eigenvalue weighted by molar-refractivity contribution is -0.143. The van der Waals surface area contributed by atoms with Gasteiger partial charge in [-0.3, -0.25) is 4.79 Å². The average Bonchev–Trinajstić information content (AvgIpc) is 3.23. The van der Waals surface area contributed by atoms with Crippen LogP contribution in [-0.2, 0) is 11.2 Å². The van der Waals surface area contributed by atoms with Gasteiger partial charge >= 0.3 is 5.97 Å². The Morgan fingerprint density at radius 2 is 2.04 bits per heavy atom.